The third kappa shape index (κ3) is 3.82. The van der Waals surface area contributed by atoms with Crippen LogP contribution in [0.15, 0.2) is 24.3 Å². The van der Waals surface area contributed by atoms with Gasteiger partial charge in [-0.2, -0.15) is 0 Å². The van der Waals surface area contributed by atoms with E-state index < -0.39 is 50.9 Å². The first-order valence-corrected chi connectivity index (χ1v) is 11.0. The van der Waals surface area contributed by atoms with Crippen molar-refractivity contribution in [3.63, 3.8) is 0 Å². The van der Waals surface area contributed by atoms with Gasteiger partial charge in [-0.05, 0) is 24.6 Å². The second-order valence-electron chi connectivity index (χ2n) is 7.75. The standard InChI is InChI=1S/C19H18ClN3O8S/c1-19(20)9-32-17-14(21-12(24)7-30-8-13(21)25)16(26)22(17)15(19)18(27)31-6-10-2-4-11(5-3-10)23(28)29/h2-5,14-15,17H,6-9H2,1H3/t14?,15?,17-,19-/m1/s1. The maximum Gasteiger partial charge on any atom is 0.331 e. The van der Waals surface area contributed by atoms with Gasteiger partial charge in [0.05, 0.1) is 9.80 Å². The Bertz CT molecular complexity index is 985. The lowest BCUT2D eigenvalue weighted by Gasteiger charge is -2.58. The van der Waals surface area contributed by atoms with E-state index in [-0.39, 0.29) is 31.3 Å². The first-order chi connectivity index (χ1) is 15.1. The fraction of sp³-hybridized carbons (Fsp3) is 0.474. The number of benzene rings is 1. The molecular formula is C19H18ClN3O8S. The number of rotatable bonds is 5. The summed E-state index contributed by atoms with van der Waals surface area (Å²) in [6, 6.07) is 3.38. The minimum absolute atomic E-state index is 0.0926. The highest BCUT2D eigenvalue weighted by Crippen LogP contribution is 2.47. The summed E-state index contributed by atoms with van der Waals surface area (Å²) < 4.78 is 10.3. The Morgan fingerprint density at radius 2 is 1.91 bits per heavy atom. The molecular weight excluding hydrogens is 466 g/mol. The molecule has 13 heteroatoms. The molecule has 0 radical (unpaired) electrons. The molecule has 0 N–H and O–H groups in total. The van der Waals surface area contributed by atoms with Crippen molar-refractivity contribution in [1.29, 1.82) is 0 Å². The van der Waals surface area contributed by atoms with Gasteiger partial charge in [0.25, 0.3) is 23.4 Å². The zero-order valence-corrected chi connectivity index (χ0v) is 18.3. The highest BCUT2D eigenvalue weighted by atomic mass is 35.5. The predicted octanol–water partition coefficient (Wildman–Crippen LogP) is 0.673. The highest BCUT2D eigenvalue weighted by Gasteiger charge is 2.64. The summed E-state index contributed by atoms with van der Waals surface area (Å²) in [5.74, 6) is -2.22. The number of amides is 3. The van der Waals surface area contributed by atoms with Gasteiger partial charge in [-0.25, -0.2) is 4.79 Å². The highest BCUT2D eigenvalue weighted by molar-refractivity contribution is 8.00. The predicted molar refractivity (Wildman–Crippen MR) is 110 cm³/mol. The number of β-lactam (4-membered cyclic amide) rings is 1. The van der Waals surface area contributed by atoms with Crippen LogP contribution in [-0.4, -0.2) is 79.7 Å². The van der Waals surface area contributed by atoms with Crippen molar-refractivity contribution in [2.24, 2.45) is 0 Å². The molecule has 3 fully saturated rings. The Labute approximate surface area is 191 Å². The van der Waals surface area contributed by atoms with Gasteiger partial charge < -0.3 is 14.4 Å². The number of nitro benzene ring substituents is 1. The minimum atomic E-state index is -1.13. The van der Waals surface area contributed by atoms with Gasteiger partial charge in [-0.3, -0.25) is 29.4 Å². The maximum absolute atomic E-state index is 13.0. The van der Waals surface area contributed by atoms with Crippen molar-refractivity contribution in [1.82, 2.24) is 9.80 Å². The molecule has 1 aromatic carbocycles. The first kappa shape index (κ1) is 22.5. The Morgan fingerprint density at radius 1 is 1.28 bits per heavy atom. The molecule has 11 nitrogen and oxygen atoms in total. The van der Waals surface area contributed by atoms with E-state index in [0.717, 1.165) is 4.90 Å². The SMILES string of the molecule is C[C@@]1(Cl)CS[C@@H]2C(N3C(=O)COCC3=O)C(=O)N2C1C(=O)OCc1ccc([N+](=O)[O-])cc1. The van der Waals surface area contributed by atoms with E-state index >= 15 is 0 Å². The fourth-order valence-corrected chi connectivity index (χ4v) is 5.74. The van der Waals surface area contributed by atoms with E-state index in [1.54, 1.807) is 6.92 Å². The number of thioether (sulfide) groups is 1. The van der Waals surface area contributed by atoms with Crippen LogP contribution in [-0.2, 0) is 35.3 Å². The molecule has 3 heterocycles. The number of fused-ring (bicyclic) bond motifs is 1. The van der Waals surface area contributed by atoms with Crippen LogP contribution in [0.2, 0.25) is 0 Å². The number of halogens is 1. The molecule has 0 aromatic heterocycles. The molecule has 0 spiro atoms. The molecule has 3 aliphatic heterocycles. The smallest absolute Gasteiger partial charge is 0.331 e. The molecule has 3 saturated heterocycles. The van der Waals surface area contributed by atoms with Crippen molar-refractivity contribution in [2.45, 2.75) is 35.9 Å². The summed E-state index contributed by atoms with van der Waals surface area (Å²) in [5, 5.41) is 10.1. The number of nitro groups is 1. The van der Waals surface area contributed by atoms with Crippen LogP contribution in [0.5, 0.6) is 0 Å². The first-order valence-electron chi connectivity index (χ1n) is 9.57. The van der Waals surface area contributed by atoms with E-state index in [2.05, 4.69) is 0 Å². The number of morpholine rings is 1. The normalized spacial score (nSPS) is 29.9. The summed E-state index contributed by atoms with van der Waals surface area (Å²) in [4.78, 5) is 61.5. The maximum atomic E-state index is 13.0. The van der Waals surface area contributed by atoms with Gasteiger partial charge in [-0.15, -0.1) is 23.4 Å². The molecule has 3 amide bonds. The zero-order chi connectivity index (χ0) is 23.2. The van der Waals surface area contributed by atoms with Gasteiger partial charge in [0, 0.05) is 17.9 Å². The third-order valence-electron chi connectivity index (χ3n) is 5.45. The molecule has 0 saturated carbocycles. The average molecular weight is 484 g/mol. The summed E-state index contributed by atoms with van der Waals surface area (Å²) in [6.07, 6.45) is 0. The van der Waals surface area contributed by atoms with Gasteiger partial charge in [0.15, 0.2) is 6.04 Å². The fourth-order valence-electron chi connectivity index (χ4n) is 3.89. The number of non-ortho nitro benzene ring substituents is 1. The molecule has 4 rings (SSSR count). The number of esters is 1. The average Bonchev–Trinajstić information content (AvgIpc) is 2.74. The molecule has 32 heavy (non-hydrogen) atoms. The van der Waals surface area contributed by atoms with Gasteiger partial charge in [0.2, 0.25) is 0 Å². The third-order valence-corrected chi connectivity index (χ3v) is 7.55. The number of hydrogen-bond acceptors (Lipinski definition) is 9. The number of carbonyl (C=O) groups is 4. The van der Waals surface area contributed by atoms with Crippen LogP contribution < -0.4 is 0 Å². The molecule has 0 aliphatic carbocycles. The Morgan fingerprint density at radius 3 is 2.50 bits per heavy atom. The lowest BCUT2D eigenvalue weighted by molar-refractivity contribution is -0.384. The monoisotopic (exact) mass is 483 g/mol. The number of ether oxygens (including phenoxy) is 2. The van der Waals surface area contributed by atoms with Crippen LogP contribution in [0.3, 0.4) is 0 Å². The largest absolute Gasteiger partial charge is 0.459 e. The summed E-state index contributed by atoms with van der Waals surface area (Å²) >= 11 is 7.85. The van der Waals surface area contributed by atoms with Crippen molar-refractivity contribution in [3.8, 4) is 0 Å². The second kappa shape index (κ2) is 8.34. The Hall–Kier alpha value is -2.70. The minimum Gasteiger partial charge on any atom is -0.459 e. The van der Waals surface area contributed by atoms with Gasteiger partial charge >= 0.3 is 5.97 Å². The lowest BCUT2D eigenvalue weighted by atomic mass is 9.93. The van der Waals surface area contributed by atoms with Crippen molar-refractivity contribution < 1.29 is 33.6 Å². The van der Waals surface area contributed by atoms with Crippen LogP contribution in [0, 0.1) is 10.1 Å². The lowest BCUT2D eigenvalue weighted by Crippen LogP contribution is -2.79. The number of alkyl halides is 1. The number of imide groups is 1. The van der Waals surface area contributed by atoms with Crippen LogP contribution in [0.4, 0.5) is 5.69 Å². The molecule has 3 aliphatic rings. The number of hydrogen-bond donors (Lipinski definition) is 0. The van der Waals surface area contributed by atoms with Crippen molar-refractivity contribution >= 4 is 52.7 Å². The second-order valence-corrected chi connectivity index (χ2v) is 9.72. The van der Waals surface area contributed by atoms with Crippen LogP contribution >= 0.6 is 23.4 Å². The van der Waals surface area contributed by atoms with Gasteiger partial charge in [0.1, 0.15) is 31.2 Å². The Balaban J connectivity index is 1.48. The van der Waals surface area contributed by atoms with E-state index in [9.17, 15) is 29.3 Å². The summed E-state index contributed by atoms with van der Waals surface area (Å²) in [6.45, 7) is 0.868. The molecule has 170 valence electrons. The quantitative estimate of drug-likeness (QED) is 0.148. The van der Waals surface area contributed by atoms with Crippen molar-refractivity contribution in [2.75, 3.05) is 19.0 Å². The van der Waals surface area contributed by atoms with Crippen molar-refractivity contribution in [3.05, 3.63) is 39.9 Å². The molecule has 1 aromatic rings. The topological polar surface area (TPSA) is 136 Å². The van der Waals surface area contributed by atoms with Crippen LogP contribution in [0.1, 0.15) is 12.5 Å². The van der Waals surface area contributed by atoms with E-state index in [1.807, 2.05) is 0 Å². The molecule has 2 unspecified atom stereocenters. The molecule has 4 atom stereocenters. The summed E-state index contributed by atoms with van der Waals surface area (Å²) in [5.41, 5.74) is 0.435. The number of nitrogens with zero attached hydrogens (tertiary/aromatic N) is 3. The summed E-state index contributed by atoms with van der Waals surface area (Å²) in [7, 11) is 0. The Kier molecular flexibility index (Phi) is 5.86. The van der Waals surface area contributed by atoms with Gasteiger partial charge in [-0.1, -0.05) is 0 Å². The van der Waals surface area contributed by atoms with E-state index in [1.165, 1.54) is 40.9 Å². The van der Waals surface area contributed by atoms with E-state index in [0.29, 0.717) is 5.56 Å². The number of carbonyl (C=O) groups excluding carboxylic acids is 4. The van der Waals surface area contributed by atoms with E-state index in [4.69, 9.17) is 21.1 Å². The molecule has 0 bridgehead atoms. The zero-order valence-electron chi connectivity index (χ0n) is 16.8. The van der Waals surface area contributed by atoms with Crippen LogP contribution in [0.25, 0.3) is 0 Å².